The fourth-order valence-corrected chi connectivity index (χ4v) is 1.34. The molecule has 0 aromatic heterocycles. The Labute approximate surface area is 101 Å². The lowest BCUT2D eigenvalue weighted by Gasteiger charge is -2.07. The van der Waals surface area contributed by atoms with Crippen molar-refractivity contribution < 1.29 is 4.79 Å². The molecule has 2 amide bonds. The number of benzene rings is 1. The quantitative estimate of drug-likeness (QED) is 0.461. The molecular formula is C12H18N4O. The Morgan fingerprint density at radius 3 is 2.53 bits per heavy atom. The summed E-state index contributed by atoms with van der Waals surface area (Å²) in [4.78, 5) is 11.4. The molecule has 0 spiro atoms. The zero-order valence-corrected chi connectivity index (χ0v) is 9.92. The van der Waals surface area contributed by atoms with E-state index in [-0.39, 0.29) is 11.9 Å². The number of hydrogen-bond acceptors (Lipinski definition) is 2. The summed E-state index contributed by atoms with van der Waals surface area (Å²) in [5.41, 5.74) is 6.98. The monoisotopic (exact) mass is 234 g/mol. The van der Waals surface area contributed by atoms with Crippen LogP contribution in [0.1, 0.15) is 18.9 Å². The Morgan fingerprint density at radius 1 is 1.35 bits per heavy atom. The van der Waals surface area contributed by atoms with Gasteiger partial charge in [0.05, 0.1) is 5.84 Å². The molecule has 0 fully saturated rings. The van der Waals surface area contributed by atoms with E-state index in [4.69, 9.17) is 11.1 Å². The number of rotatable bonds is 5. The summed E-state index contributed by atoms with van der Waals surface area (Å²) in [5.74, 6) is 0.131. The van der Waals surface area contributed by atoms with Crippen LogP contribution in [0.25, 0.3) is 0 Å². The summed E-state index contributed by atoms with van der Waals surface area (Å²) in [6.45, 7) is 2.66. The molecule has 0 atom stereocenters. The van der Waals surface area contributed by atoms with Gasteiger partial charge in [-0.05, 0) is 24.1 Å². The van der Waals surface area contributed by atoms with E-state index in [2.05, 4.69) is 10.6 Å². The first-order valence-electron chi connectivity index (χ1n) is 5.58. The predicted octanol–water partition coefficient (Wildman–Crippen LogP) is 1.70. The molecule has 1 rings (SSSR count). The highest BCUT2D eigenvalue weighted by Crippen LogP contribution is 2.09. The van der Waals surface area contributed by atoms with Gasteiger partial charge in [-0.25, -0.2) is 4.79 Å². The topological polar surface area (TPSA) is 91.0 Å². The number of carbonyl (C=O) groups excluding carboxylic acids is 1. The maximum absolute atomic E-state index is 11.4. The van der Waals surface area contributed by atoms with Gasteiger partial charge < -0.3 is 16.4 Å². The molecule has 1 aromatic carbocycles. The second-order valence-electron chi connectivity index (χ2n) is 3.78. The molecule has 5 N–H and O–H groups in total. The van der Waals surface area contributed by atoms with Gasteiger partial charge in [0, 0.05) is 18.7 Å². The Kier molecular flexibility index (Phi) is 5.00. The number of urea groups is 1. The summed E-state index contributed by atoms with van der Waals surface area (Å²) < 4.78 is 0. The van der Waals surface area contributed by atoms with Gasteiger partial charge in [0.25, 0.3) is 0 Å². The van der Waals surface area contributed by atoms with Crippen molar-refractivity contribution in [2.24, 2.45) is 5.73 Å². The van der Waals surface area contributed by atoms with Gasteiger partial charge in [-0.1, -0.05) is 19.1 Å². The molecule has 0 saturated carbocycles. The highest BCUT2D eigenvalue weighted by atomic mass is 16.2. The molecule has 17 heavy (non-hydrogen) atoms. The van der Waals surface area contributed by atoms with Crippen LogP contribution in [0, 0.1) is 5.41 Å². The van der Waals surface area contributed by atoms with Gasteiger partial charge in [0.15, 0.2) is 0 Å². The zero-order chi connectivity index (χ0) is 12.7. The predicted molar refractivity (Wildman–Crippen MR) is 69.4 cm³/mol. The molecule has 0 aliphatic heterocycles. The average Bonchev–Trinajstić information content (AvgIpc) is 2.28. The number of anilines is 1. The molecule has 5 heteroatoms. The van der Waals surface area contributed by atoms with E-state index in [9.17, 15) is 4.79 Å². The van der Waals surface area contributed by atoms with Crippen molar-refractivity contribution in [2.75, 3.05) is 11.9 Å². The first-order chi connectivity index (χ1) is 8.11. The summed E-state index contributed by atoms with van der Waals surface area (Å²) in [7, 11) is 0. The van der Waals surface area contributed by atoms with Crippen LogP contribution in [-0.2, 0) is 6.42 Å². The van der Waals surface area contributed by atoms with E-state index in [0.29, 0.717) is 13.0 Å². The van der Waals surface area contributed by atoms with Crippen LogP contribution >= 0.6 is 0 Å². The third-order valence-corrected chi connectivity index (χ3v) is 2.14. The molecule has 1 aromatic rings. The van der Waals surface area contributed by atoms with Crippen molar-refractivity contribution in [3.05, 3.63) is 29.8 Å². The van der Waals surface area contributed by atoms with Gasteiger partial charge in [-0.3, -0.25) is 5.41 Å². The number of hydrogen-bond donors (Lipinski definition) is 4. The SMILES string of the molecule is CCCNC(=O)Nc1ccc(CC(=N)N)cc1. The second kappa shape index (κ2) is 6.52. The molecule has 0 heterocycles. The van der Waals surface area contributed by atoms with E-state index in [1.165, 1.54) is 0 Å². The average molecular weight is 234 g/mol. The summed E-state index contributed by atoms with van der Waals surface area (Å²) in [5, 5.41) is 12.6. The third-order valence-electron chi connectivity index (χ3n) is 2.14. The zero-order valence-electron chi connectivity index (χ0n) is 9.92. The highest BCUT2D eigenvalue weighted by molar-refractivity contribution is 5.89. The van der Waals surface area contributed by atoms with E-state index in [0.717, 1.165) is 17.7 Å². The largest absolute Gasteiger partial charge is 0.387 e. The van der Waals surface area contributed by atoms with Gasteiger partial charge in [0.1, 0.15) is 0 Å². The third kappa shape index (κ3) is 5.01. The first kappa shape index (κ1) is 13.0. The molecule has 92 valence electrons. The van der Waals surface area contributed by atoms with E-state index < -0.39 is 0 Å². The number of amides is 2. The van der Waals surface area contributed by atoms with Gasteiger partial charge in [0.2, 0.25) is 0 Å². The molecule has 0 saturated heterocycles. The standard InChI is InChI=1S/C12H18N4O/c1-2-7-15-12(17)16-10-5-3-9(4-6-10)8-11(13)14/h3-6H,2,7-8H2,1H3,(H3,13,14)(H2,15,16,17). The van der Waals surface area contributed by atoms with E-state index in [1.54, 1.807) is 12.1 Å². The van der Waals surface area contributed by atoms with Crippen LogP contribution in [0.3, 0.4) is 0 Å². The molecule has 0 bridgehead atoms. The lowest BCUT2D eigenvalue weighted by atomic mass is 10.1. The van der Waals surface area contributed by atoms with Crippen molar-refractivity contribution in [1.29, 1.82) is 5.41 Å². The lowest BCUT2D eigenvalue weighted by molar-refractivity contribution is 0.252. The highest BCUT2D eigenvalue weighted by Gasteiger charge is 2.00. The van der Waals surface area contributed by atoms with Crippen molar-refractivity contribution in [2.45, 2.75) is 19.8 Å². The van der Waals surface area contributed by atoms with Crippen molar-refractivity contribution in [1.82, 2.24) is 5.32 Å². The van der Waals surface area contributed by atoms with Gasteiger partial charge in [-0.2, -0.15) is 0 Å². The van der Waals surface area contributed by atoms with Crippen LogP contribution in [0.5, 0.6) is 0 Å². The van der Waals surface area contributed by atoms with Crippen LogP contribution < -0.4 is 16.4 Å². The fraction of sp³-hybridized carbons (Fsp3) is 0.333. The first-order valence-corrected chi connectivity index (χ1v) is 5.58. The smallest absolute Gasteiger partial charge is 0.319 e. The normalized spacial score (nSPS) is 9.71. The van der Waals surface area contributed by atoms with Crippen LogP contribution in [0.2, 0.25) is 0 Å². The molecule has 0 aliphatic rings. The summed E-state index contributed by atoms with van der Waals surface area (Å²) in [6.07, 6.45) is 1.34. The Bertz CT molecular complexity index is 386. The van der Waals surface area contributed by atoms with Crippen LogP contribution in [0.4, 0.5) is 10.5 Å². The fourth-order valence-electron chi connectivity index (χ4n) is 1.34. The number of nitrogens with two attached hydrogens (primary N) is 1. The van der Waals surface area contributed by atoms with Crippen LogP contribution in [-0.4, -0.2) is 18.4 Å². The van der Waals surface area contributed by atoms with Gasteiger partial charge >= 0.3 is 6.03 Å². The Balaban J connectivity index is 2.50. The van der Waals surface area contributed by atoms with E-state index >= 15 is 0 Å². The second-order valence-corrected chi connectivity index (χ2v) is 3.78. The lowest BCUT2D eigenvalue weighted by Crippen LogP contribution is -2.29. The summed E-state index contributed by atoms with van der Waals surface area (Å²) >= 11 is 0. The molecular weight excluding hydrogens is 216 g/mol. The van der Waals surface area contributed by atoms with Crippen molar-refractivity contribution in [3.63, 3.8) is 0 Å². The van der Waals surface area contributed by atoms with Gasteiger partial charge in [-0.15, -0.1) is 0 Å². The maximum atomic E-state index is 11.4. The number of amidine groups is 1. The summed E-state index contributed by atoms with van der Waals surface area (Å²) in [6, 6.07) is 7.08. The minimum Gasteiger partial charge on any atom is -0.387 e. The number of nitrogens with one attached hydrogen (secondary N) is 3. The maximum Gasteiger partial charge on any atom is 0.319 e. The molecule has 0 unspecified atom stereocenters. The van der Waals surface area contributed by atoms with E-state index in [1.807, 2.05) is 19.1 Å². The molecule has 5 nitrogen and oxygen atoms in total. The van der Waals surface area contributed by atoms with Crippen LogP contribution in [0.15, 0.2) is 24.3 Å². The minimum atomic E-state index is -0.203. The molecule has 0 radical (unpaired) electrons. The number of carbonyl (C=O) groups is 1. The minimum absolute atomic E-state index is 0.131. The Hall–Kier alpha value is -2.04. The van der Waals surface area contributed by atoms with Crippen molar-refractivity contribution in [3.8, 4) is 0 Å². The van der Waals surface area contributed by atoms with Crippen molar-refractivity contribution >= 4 is 17.6 Å². The molecule has 0 aliphatic carbocycles. The Morgan fingerprint density at radius 2 is 2.00 bits per heavy atom.